The number of hydrogen-bond acceptors (Lipinski definition) is 9. The molecule has 6 rings (SSSR count). The number of methoxy groups -OCH3 is 2. The van der Waals surface area contributed by atoms with Gasteiger partial charge in [0.2, 0.25) is 23.6 Å². The predicted octanol–water partition coefficient (Wildman–Crippen LogP) is 5.24. The topological polar surface area (TPSA) is 139 Å². The lowest BCUT2D eigenvalue weighted by Gasteiger charge is -2.17. The number of pyridine rings is 1. The second-order valence-corrected chi connectivity index (χ2v) is 13.0. The van der Waals surface area contributed by atoms with Gasteiger partial charge in [-0.3, -0.25) is 14.6 Å². The van der Waals surface area contributed by atoms with Crippen LogP contribution < -0.4 is 30.7 Å². The van der Waals surface area contributed by atoms with Crippen LogP contribution in [0.2, 0.25) is 10.0 Å². The highest BCUT2D eigenvalue weighted by Gasteiger charge is 2.23. The molecular weight excluding hydrogens is 665 g/mol. The average molecular weight is 705 g/mol. The molecule has 2 aromatic carbocycles. The van der Waals surface area contributed by atoms with Crippen LogP contribution in [0.5, 0.6) is 11.8 Å². The third-order valence-corrected chi connectivity index (χ3v) is 9.71. The van der Waals surface area contributed by atoms with Crippen LogP contribution in [0.1, 0.15) is 42.5 Å². The van der Waals surface area contributed by atoms with Crippen molar-refractivity contribution in [1.29, 1.82) is 0 Å². The molecule has 2 fully saturated rings. The Morgan fingerprint density at radius 2 is 1.31 bits per heavy atom. The number of benzene rings is 2. The minimum atomic E-state index is 0.0827. The van der Waals surface area contributed by atoms with Gasteiger partial charge in [-0.1, -0.05) is 59.6 Å². The summed E-state index contributed by atoms with van der Waals surface area (Å²) in [5.74, 6) is 1.08. The summed E-state index contributed by atoms with van der Waals surface area (Å²) in [4.78, 5) is 37.2. The molecule has 2 aromatic heterocycles. The van der Waals surface area contributed by atoms with Gasteiger partial charge in [-0.25, -0.2) is 9.97 Å². The summed E-state index contributed by atoms with van der Waals surface area (Å²) in [7, 11) is 3.16. The summed E-state index contributed by atoms with van der Waals surface area (Å²) in [6.07, 6.45) is 4.45. The second kappa shape index (κ2) is 15.5. The summed E-state index contributed by atoms with van der Waals surface area (Å²) in [6.45, 7) is 4.32. The predicted molar refractivity (Wildman–Crippen MR) is 190 cm³/mol. The molecule has 2 aliphatic heterocycles. The first-order chi connectivity index (χ1) is 23.7. The molecule has 0 radical (unpaired) electrons. The fourth-order valence-electron chi connectivity index (χ4n) is 6.28. The molecule has 0 unspecified atom stereocenters. The normalized spacial score (nSPS) is 17.2. The number of nitrogens with one attached hydrogen (secondary N) is 4. The van der Waals surface area contributed by atoms with Crippen molar-refractivity contribution in [1.82, 2.24) is 36.2 Å². The van der Waals surface area contributed by atoms with E-state index in [1.54, 1.807) is 20.4 Å². The summed E-state index contributed by atoms with van der Waals surface area (Å²) >= 11 is 14.2. The summed E-state index contributed by atoms with van der Waals surface area (Å²) in [5, 5.41) is 13.7. The average Bonchev–Trinajstić information content (AvgIpc) is 3.72. The molecule has 13 heteroatoms. The Bertz CT molecular complexity index is 1870. The molecule has 4 aromatic rings. The highest BCUT2D eigenvalue weighted by molar-refractivity contribution is 6.39. The van der Waals surface area contributed by atoms with E-state index in [1.807, 2.05) is 49.4 Å². The number of carbonyl (C=O) groups excluding carboxylic acids is 2. The highest BCUT2D eigenvalue weighted by Crippen LogP contribution is 2.42. The highest BCUT2D eigenvalue weighted by atomic mass is 35.5. The Balaban J connectivity index is 1.22. The number of nitrogens with zero attached hydrogens (tertiary/aromatic N) is 3. The first-order valence-corrected chi connectivity index (χ1v) is 17.0. The third-order valence-electron chi connectivity index (χ3n) is 8.89. The second-order valence-electron chi connectivity index (χ2n) is 12.2. The molecular formula is C36H39Cl2N7O4. The van der Waals surface area contributed by atoms with Crippen molar-refractivity contribution in [2.24, 2.45) is 0 Å². The first kappa shape index (κ1) is 34.6. The molecule has 2 saturated heterocycles. The Labute approximate surface area is 295 Å². The number of carbonyl (C=O) groups is 2. The van der Waals surface area contributed by atoms with Crippen molar-refractivity contribution in [3.8, 4) is 45.4 Å². The molecule has 0 bridgehead atoms. The van der Waals surface area contributed by atoms with E-state index in [0.717, 1.165) is 40.7 Å². The zero-order valence-corrected chi connectivity index (χ0v) is 29.2. The summed E-state index contributed by atoms with van der Waals surface area (Å²) < 4.78 is 11.3. The van der Waals surface area contributed by atoms with Gasteiger partial charge in [0.05, 0.1) is 41.8 Å². The minimum absolute atomic E-state index is 0.0827. The molecule has 256 valence electrons. The lowest BCUT2D eigenvalue weighted by atomic mass is 9.97. The molecule has 2 amide bonds. The Morgan fingerprint density at radius 1 is 0.776 bits per heavy atom. The van der Waals surface area contributed by atoms with Gasteiger partial charge in [0.1, 0.15) is 5.69 Å². The first-order valence-electron chi connectivity index (χ1n) is 16.3. The Kier molecular flexibility index (Phi) is 10.9. The van der Waals surface area contributed by atoms with E-state index in [-0.39, 0.29) is 23.9 Å². The van der Waals surface area contributed by atoms with Gasteiger partial charge in [-0.15, -0.1) is 0 Å². The van der Waals surface area contributed by atoms with Crippen LogP contribution in [0.25, 0.3) is 33.6 Å². The quantitative estimate of drug-likeness (QED) is 0.147. The fourth-order valence-corrected chi connectivity index (χ4v) is 6.93. The smallest absolute Gasteiger partial charge is 0.237 e. The zero-order chi connectivity index (χ0) is 34.5. The van der Waals surface area contributed by atoms with Crippen LogP contribution in [0.3, 0.4) is 0 Å². The lowest BCUT2D eigenvalue weighted by molar-refractivity contribution is -0.120. The number of rotatable bonds is 13. The third kappa shape index (κ3) is 7.80. The maximum Gasteiger partial charge on any atom is 0.237 e. The van der Waals surface area contributed by atoms with Crippen molar-refractivity contribution in [3.05, 3.63) is 75.5 Å². The maximum absolute atomic E-state index is 11.6. The van der Waals surface area contributed by atoms with Crippen LogP contribution in [0, 0.1) is 6.92 Å². The molecule has 0 aliphatic carbocycles. The van der Waals surface area contributed by atoms with E-state index in [9.17, 15) is 9.59 Å². The van der Waals surface area contributed by atoms with Gasteiger partial charge < -0.3 is 30.7 Å². The van der Waals surface area contributed by atoms with Crippen LogP contribution in [0.4, 0.5) is 0 Å². The molecule has 4 heterocycles. The van der Waals surface area contributed by atoms with E-state index >= 15 is 0 Å². The van der Waals surface area contributed by atoms with Gasteiger partial charge >= 0.3 is 0 Å². The van der Waals surface area contributed by atoms with Crippen molar-refractivity contribution in [2.75, 3.05) is 27.3 Å². The van der Waals surface area contributed by atoms with E-state index in [1.165, 1.54) is 0 Å². The maximum atomic E-state index is 11.6. The van der Waals surface area contributed by atoms with E-state index in [2.05, 4.69) is 26.3 Å². The number of halogens is 2. The van der Waals surface area contributed by atoms with E-state index in [4.69, 9.17) is 42.6 Å². The van der Waals surface area contributed by atoms with Crippen molar-refractivity contribution < 1.29 is 19.1 Å². The lowest BCUT2D eigenvalue weighted by Crippen LogP contribution is -2.35. The molecule has 4 N–H and O–H groups in total. The van der Waals surface area contributed by atoms with Gasteiger partial charge in [-0.05, 0) is 31.4 Å². The monoisotopic (exact) mass is 703 g/mol. The van der Waals surface area contributed by atoms with Crippen LogP contribution in [-0.2, 0) is 22.7 Å². The Hall–Kier alpha value is -4.29. The zero-order valence-electron chi connectivity index (χ0n) is 27.7. The van der Waals surface area contributed by atoms with Crippen molar-refractivity contribution in [2.45, 2.75) is 57.8 Å². The SMILES string of the molecule is COc1nc(-c2cccc(-c3cccc(-c4cc(C)c(CNC[C@@H]5CCC(=O)N5)c(OC)n4)c3Cl)c2Cl)cnc1CNC[C@@H]1CCC(=O)N1. The molecule has 2 atom stereocenters. The fraction of sp³-hybridized carbons (Fsp3) is 0.361. The number of ether oxygens (including phenoxy) is 2. The van der Waals surface area contributed by atoms with Crippen molar-refractivity contribution in [3.63, 3.8) is 0 Å². The van der Waals surface area contributed by atoms with E-state index < -0.39 is 0 Å². The Morgan fingerprint density at radius 3 is 1.86 bits per heavy atom. The summed E-state index contributed by atoms with van der Waals surface area (Å²) in [5.41, 5.74) is 6.74. The number of aromatic nitrogens is 3. The van der Waals surface area contributed by atoms with Gasteiger partial charge in [-0.2, -0.15) is 0 Å². The molecule has 0 saturated carbocycles. The standard InChI is InChI=1S/C36H39Cl2N7O4/c1-20-14-28(44-35(48-2)27(20)17-39-15-21-10-12-31(46)42-21)25-8-4-6-23(33(25)37)24-7-5-9-26(34(24)38)29-19-41-30(36(45-29)49-3)18-40-16-22-11-13-32(47)43-22/h4-9,14,19,21-22,39-40H,10-13,15-18H2,1-3H3,(H,42,46)(H,43,47)/t21-,22-/m0/s1. The minimum Gasteiger partial charge on any atom is -0.481 e. The van der Waals surface area contributed by atoms with Crippen LogP contribution >= 0.6 is 23.2 Å². The van der Waals surface area contributed by atoms with Crippen LogP contribution in [0.15, 0.2) is 48.7 Å². The number of hydrogen-bond donors (Lipinski definition) is 4. The van der Waals surface area contributed by atoms with Crippen molar-refractivity contribution >= 4 is 35.0 Å². The van der Waals surface area contributed by atoms with Crippen LogP contribution in [-0.4, -0.2) is 66.2 Å². The number of amides is 2. The van der Waals surface area contributed by atoms with Gasteiger partial charge in [0, 0.05) is 78.9 Å². The molecule has 2 aliphatic rings. The van der Waals surface area contributed by atoms with Gasteiger partial charge in [0.15, 0.2) is 0 Å². The largest absolute Gasteiger partial charge is 0.481 e. The van der Waals surface area contributed by atoms with Gasteiger partial charge in [0.25, 0.3) is 0 Å². The molecule has 11 nitrogen and oxygen atoms in total. The van der Waals surface area contributed by atoms with E-state index in [0.29, 0.717) is 83.5 Å². The summed E-state index contributed by atoms with van der Waals surface area (Å²) in [6, 6.07) is 13.7. The molecule has 0 spiro atoms. The number of aryl methyl sites for hydroxylation is 1. The molecule has 49 heavy (non-hydrogen) atoms.